The molecule has 0 spiro atoms. The fourth-order valence-electron chi connectivity index (χ4n) is 4.69. The topological polar surface area (TPSA) is 82.2 Å². The number of carbonyl (C=O) groups is 1. The number of nitrogens with one attached hydrogen (secondary N) is 1. The van der Waals surface area contributed by atoms with Gasteiger partial charge in [0.15, 0.2) is 0 Å². The molecule has 0 atom stereocenters. The highest BCUT2D eigenvalue weighted by Gasteiger charge is 2.26. The van der Waals surface area contributed by atoms with E-state index in [4.69, 9.17) is 4.84 Å². The van der Waals surface area contributed by atoms with Gasteiger partial charge in [-0.2, -0.15) is 0 Å². The molecular weight excluding hydrogens is 550 g/mol. The Morgan fingerprint density at radius 1 is 1.02 bits per heavy atom. The monoisotopic (exact) mass is 586 g/mol. The summed E-state index contributed by atoms with van der Waals surface area (Å²) in [6.07, 6.45) is 3.01. The molecule has 0 radical (unpaired) electrons. The van der Waals surface area contributed by atoms with E-state index in [1.165, 1.54) is 30.1 Å². The van der Waals surface area contributed by atoms with Gasteiger partial charge >= 0.3 is 6.03 Å². The second-order valence-electron chi connectivity index (χ2n) is 10.1. The van der Waals surface area contributed by atoms with E-state index < -0.39 is 21.7 Å². The Labute approximate surface area is 240 Å². The summed E-state index contributed by atoms with van der Waals surface area (Å²) >= 11 is 0. The van der Waals surface area contributed by atoms with Gasteiger partial charge in [-0.25, -0.2) is 22.0 Å². The summed E-state index contributed by atoms with van der Waals surface area (Å²) in [5.74, 6) is -1.03. The summed E-state index contributed by atoms with van der Waals surface area (Å²) < 4.78 is 54.0. The number of nitrogens with zero attached hydrogens (tertiary/aromatic N) is 3. The van der Waals surface area contributed by atoms with E-state index >= 15 is 0 Å². The number of sulfonamides is 1. The maximum Gasteiger partial charge on any atom is 0.322 e. The van der Waals surface area contributed by atoms with Crippen LogP contribution in [-0.4, -0.2) is 56.5 Å². The van der Waals surface area contributed by atoms with Gasteiger partial charge in [0.1, 0.15) is 17.4 Å². The minimum atomic E-state index is -3.78. The van der Waals surface area contributed by atoms with Crippen LogP contribution >= 0.6 is 0 Å². The lowest BCUT2D eigenvalue weighted by Gasteiger charge is -2.34. The van der Waals surface area contributed by atoms with Crippen molar-refractivity contribution in [1.29, 1.82) is 0 Å². The number of urea groups is 1. The zero-order valence-electron chi connectivity index (χ0n) is 23.3. The predicted molar refractivity (Wildman–Crippen MR) is 154 cm³/mol. The maximum atomic E-state index is 14.4. The summed E-state index contributed by atoms with van der Waals surface area (Å²) in [5, 5.41) is 3.03. The van der Waals surface area contributed by atoms with Crippen LogP contribution in [-0.2, 0) is 16.6 Å². The first-order valence-electron chi connectivity index (χ1n) is 13.7. The number of anilines is 1. The van der Waals surface area contributed by atoms with Crippen molar-refractivity contribution >= 4 is 21.7 Å². The number of rotatable bonds is 11. The molecule has 1 fully saturated rings. The minimum Gasteiger partial charge on any atom is -0.391 e. The minimum absolute atomic E-state index is 0.0516. The van der Waals surface area contributed by atoms with Crippen LogP contribution in [0.4, 0.5) is 19.3 Å². The third-order valence-electron chi connectivity index (χ3n) is 7.04. The molecule has 220 valence electrons. The number of piperidine rings is 1. The summed E-state index contributed by atoms with van der Waals surface area (Å²) in [7, 11) is -2.42. The van der Waals surface area contributed by atoms with Gasteiger partial charge in [-0.3, -0.25) is 9.80 Å². The number of hydrogen-bond acceptors (Lipinski definition) is 5. The summed E-state index contributed by atoms with van der Waals surface area (Å²) in [5.41, 5.74) is 1.12. The number of hydroxylamine groups is 1. The summed E-state index contributed by atoms with van der Waals surface area (Å²) in [6, 6.07) is 18.2. The lowest BCUT2D eigenvalue weighted by molar-refractivity contribution is 0.0644. The zero-order valence-corrected chi connectivity index (χ0v) is 24.1. The van der Waals surface area contributed by atoms with Crippen LogP contribution in [0.25, 0.3) is 0 Å². The number of benzene rings is 3. The number of carbonyl (C=O) groups excluding carboxylic acids is 1. The molecule has 3 aromatic rings. The van der Waals surface area contributed by atoms with E-state index in [0.717, 1.165) is 54.5 Å². The van der Waals surface area contributed by atoms with Gasteiger partial charge in [0.25, 0.3) is 10.0 Å². The maximum absolute atomic E-state index is 14.4. The Bertz CT molecular complexity index is 1400. The van der Waals surface area contributed by atoms with Gasteiger partial charge in [-0.05, 0) is 65.7 Å². The van der Waals surface area contributed by atoms with Gasteiger partial charge in [-0.1, -0.05) is 43.7 Å². The van der Waals surface area contributed by atoms with E-state index in [1.54, 1.807) is 30.3 Å². The highest BCUT2D eigenvalue weighted by Crippen LogP contribution is 2.23. The van der Waals surface area contributed by atoms with Crippen molar-refractivity contribution in [1.82, 2.24) is 14.7 Å². The number of amides is 2. The van der Waals surface area contributed by atoms with E-state index in [2.05, 4.69) is 10.2 Å². The van der Waals surface area contributed by atoms with Crippen molar-refractivity contribution in [2.75, 3.05) is 31.6 Å². The third-order valence-corrected chi connectivity index (χ3v) is 8.66. The van der Waals surface area contributed by atoms with E-state index in [-0.39, 0.29) is 22.7 Å². The second kappa shape index (κ2) is 13.9. The number of halogens is 2. The first kappa shape index (κ1) is 30.4. The molecule has 11 heteroatoms. The fraction of sp³-hybridized carbons (Fsp3) is 0.367. The summed E-state index contributed by atoms with van der Waals surface area (Å²) in [6.45, 7) is 4.56. The Morgan fingerprint density at radius 3 is 2.34 bits per heavy atom. The second-order valence-corrected chi connectivity index (χ2v) is 12.0. The molecule has 0 unspecified atom stereocenters. The Kier molecular flexibility index (Phi) is 10.3. The Morgan fingerprint density at radius 2 is 1.71 bits per heavy atom. The number of likely N-dealkylation sites (tertiary alicyclic amines) is 1. The average molecular weight is 587 g/mol. The van der Waals surface area contributed by atoms with E-state index in [9.17, 15) is 22.0 Å². The van der Waals surface area contributed by atoms with Crippen LogP contribution in [0.1, 0.15) is 38.2 Å². The van der Waals surface area contributed by atoms with Crippen LogP contribution in [0.3, 0.4) is 0 Å². The molecule has 0 aliphatic carbocycles. The molecule has 1 aliphatic rings. The van der Waals surface area contributed by atoms with E-state index in [0.29, 0.717) is 25.3 Å². The lowest BCUT2D eigenvalue weighted by Crippen LogP contribution is -2.49. The van der Waals surface area contributed by atoms with Crippen LogP contribution in [0, 0.1) is 11.6 Å². The molecule has 0 aromatic heterocycles. The molecule has 2 amide bonds. The van der Waals surface area contributed by atoms with Crippen molar-refractivity contribution in [2.24, 2.45) is 0 Å². The average Bonchev–Trinajstić information content (AvgIpc) is 2.96. The fourth-order valence-corrected chi connectivity index (χ4v) is 5.67. The van der Waals surface area contributed by atoms with Gasteiger partial charge in [-0.15, -0.1) is 0 Å². The Hall–Kier alpha value is -3.54. The van der Waals surface area contributed by atoms with Gasteiger partial charge < -0.3 is 10.2 Å². The molecular formula is C30H36F2N4O4S. The van der Waals surface area contributed by atoms with Gasteiger partial charge in [0.05, 0.1) is 10.6 Å². The van der Waals surface area contributed by atoms with E-state index in [1.807, 2.05) is 19.1 Å². The molecule has 1 aliphatic heterocycles. The van der Waals surface area contributed by atoms with Crippen LogP contribution in [0.5, 0.6) is 5.75 Å². The Balaban J connectivity index is 1.27. The molecule has 0 saturated carbocycles. The van der Waals surface area contributed by atoms with Crippen LogP contribution < -0.4 is 15.1 Å². The molecule has 1 heterocycles. The van der Waals surface area contributed by atoms with Crippen molar-refractivity contribution < 1.29 is 26.8 Å². The van der Waals surface area contributed by atoms with Crippen molar-refractivity contribution in [3.05, 3.63) is 90.0 Å². The largest absolute Gasteiger partial charge is 0.391 e. The highest BCUT2D eigenvalue weighted by atomic mass is 32.2. The predicted octanol–water partition coefficient (Wildman–Crippen LogP) is 5.56. The van der Waals surface area contributed by atoms with Crippen molar-refractivity contribution in [3.8, 4) is 5.75 Å². The first-order chi connectivity index (χ1) is 19.7. The SMILES string of the molecule is CCCCN(C(=O)NC1CCN(Cc2ccc(ON(C)S(=O)(=O)c3ccccc3)cc2)CC1)c1ccc(F)cc1F. The first-order valence-corrected chi connectivity index (χ1v) is 15.2. The number of hydrogen-bond donors (Lipinski definition) is 1. The third kappa shape index (κ3) is 8.02. The standard InChI is InChI=1S/C30H36F2N4O4S/c1-3-4-18-36(29-15-12-24(31)21-28(29)32)30(37)33-25-16-19-35(20-17-25)22-23-10-13-26(14-11-23)40-34(2)41(38,39)27-8-6-5-7-9-27/h5-15,21,25H,3-4,16-20,22H2,1-2H3,(H,33,37). The molecule has 4 rings (SSSR count). The van der Waals surface area contributed by atoms with Crippen molar-refractivity contribution in [2.45, 2.75) is 50.1 Å². The molecule has 0 bridgehead atoms. The highest BCUT2D eigenvalue weighted by molar-refractivity contribution is 7.89. The van der Waals surface area contributed by atoms with Crippen LogP contribution in [0.2, 0.25) is 0 Å². The molecule has 1 N–H and O–H groups in total. The normalized spacial score (nSPS) is 14.7. The molecule has 8 nitrogen and oxygen atoms in total. The molecule has 41 heavy (non-hydrogen) atoms. The van der Waals surface area contributed by atoms with Crippen molar-refractivity contribution in [3.63, 3.8) is 0 Å². The molecule has 3 aromatic carbocycles. The number of unbranched alkanes of at least 4 members (excludes halogenated alkanes) is 1. The zero-order chi connectivity index (χ0) is 29.4. The molecule has 1 saturated heterocycles. The van der Waals surface area contributed by atoms with Crippen LogP contribution in [0.15, 0.2) is 77.7 Å². The quantitative estimate of drug-likeness (QED) is 0.298. The lowest BCUT2D eigenvalue weighted by atomic mass is 10.0. The summed E-state index contributed by atoms with van der Waals surface area (Å²) in [4.78, 5) is 22.4. The smallest absolute Gasteiger partial charge is 0.322 e. The van der Waals surface area contributed by atoms with Gasteiger partial charge in [0.2, 0.25) is 0 Å². The van der Waals surface area contributed by atoms with Gasteiger partial charge in [0, 0.05) is 45.3 Å².